The maximum atomic E-state index is 13.5. The van der Waals surface area contributed by atoms with Gasteiger partial charge in [0.15, 0.2) is 5.69 Å². The number of benzene rings is 1. The predicted octanol–water partition coefficient (Wildman–Crippen LogP) is 2.86. The molecule has 0 radical (unpaired) electrons. The molecule has 2 atom stereocenters. The predicted molar refractivity (Wildman–Crippen MR) is 134 cm³/mol. The van der Waals surface area contributed by atoms with Crippen molar-refractivity contribution in [1.29, 1.82) is 0 Å². The van der Waals surface area contributed by atoms with Crippen LogP contribution in [0.1, 0.15) is 74.6 Å². The average molecular weight is 500 g/mol. The van der Waals surface area contributed by atoms with Gasteiger partial charge >= 0.3 is 35.5 Å². The Hall–Kier alpha value is -2.04. The van der Waals surface area contributed by atoms with Crippen LogP contribution < -0.4 is 5.32 Å². The van der Waals surface area contributed by atoms with Crippen LogP contribution in [0, 0.1) is 11.7 Å². The van der Waals surface area contributed by atoms with E-state index in [2.05, 4.69) is 24.3 Å². The van der Waals surface area contributed by atoms with Gasteiger partial charge in [0.25, 0.3) is 5.91 Å². The molecule has 1 aromatic heterocycles. The second kappa shape index (κ2) is 14.5. The molecule has 8 nitrogen and oxygen atoms in total. The second-order valence-electron chi connectivity index (χ2n) is 9.04. The van der Waals surface area contributed by atoms with Gasteiger partial charge in [0.05, 0.1) is 30.0 Å². The van der Waals surface area contributed by atoms with Crippen molar-refractivity contribution < 1.29 is 29.3 Å². The number of aliphatic hydroxyl groups is 2. The first-order chi connectivity index (χ1) is 16.0. The zero-order chi connectivity index (χ0) is 25.4. The number of nitrogens with one attached hydrogen (secondary N) is 1. The number of aromatic nitrogens is 2. The molecule has 0 saturated heterocycles. The van der Waals surface area contributed by atoms with Crippen LogP contribution in [-0.2, 0) is 4.79 Å². The zero-order valence-corrected chi connectivity index (χ0v) is 20.0. The van der Waals surface area contributed by atoms with Gasteiger partial charge in [-0.2, -0.15) is 5.10 Å². The summed E-state index contributed by atoms with van der Waals surface area (Å²) in [4.78, 5) is 23.7. The van der Waals surface area contributed by atoms with Crippen LogP contribution in [0.2, 0.25) is 0 Å². The summed E-state index contributed by atoms with van der Waals surface area (Å²) in [6.07, 6.45) is 0.881. The molecule has 2 rings (SSSR count). The Morgan fingerprint density at radius 3 is 2.31 bits per heavy atom. The molecule has 10 heteroatoms. The number of hydrogen-bond donors (Lipinski definition) is 4. The number of rotatable bonds is 12. The van der Waals surface area contributed by atoms with Crippen molar-refractivity contribution >= 4 is 47.5 Å². The SMILES string of the molecule is CC(C)CCNC(=O)c1nn(-c2ccc(F)cc2)c(C=C[C@H](O)C[C@@H](O)CC(=O)O)c1C(C)C.[NaH]. The van der Waals surface area contributed by atoms with E-state index in [9.17, 15) is 24.2 Å². The van der Waals surface area contributed by atoms with E-state index in [1.54, 1.807) is 6.08 Å². The van der Waals surface area contributed by atoms with E-state index in [0.29, 0.717) is 29.4 Å². The standard InChI is InChI=1S/C25H34FN3O5.Na.H/c1-15(2)11-12-27-25(34)24-23(16(3)4)21(10-9-19(30)13-20(31)14-22(32)33)29(28-24)18-7-5-17(26)6-8-18;;/h5-10,15-16,19-20,30-31H,11-14H2,1-4H3,(H,27,34)(H,32,33);;/t19-,20+;;/m0../s1. The number of amides is 1. The van der Waals surface area contributed by atoms with Crippen LogP contribution in [0.15, 0.2) is 30.3 Å². The fourth-order valence-corrected chi connectivity index (χ4v) is 3.52. The number of aliphatic hydroxyl groups excluding tert-OH is 2. The first-order valence-corrected chi connectivity index (χ1v) is 11.4. The van der Waals surface area contributed by atoms with Crippen molar-refractivity contribution in [2.45, 2.75) is 65.1 Å². The van der Waals surface area contributed by atoms with Gasteiger partial charge in [0, 0.05) is 18.5 Å². The average Bonchev–Trinajstić information content (AvgIpc) is 3.11. The molecule has 0 saturated carbocycles. The Labute approximate surface area is 227 Å². The van der Waals surface area contributed by atoms with Crippen LogP contribution in [0.5, 0.6) is 0 Å². The molecule has 0 fully saturated rings. The van der Waals surface area contributed by atoms with Gasteiger partial charge in [-0.1, -0.05) is 33.8 Å². The van der Waals surface area contributed by atoms with Gasteiger partial charge in [0.2, 0.25) is 0 Å². The van der Waals surface area contributed by atoms with Crippen molar-refractivity contribution in [3.05, 3.63) is 53.1 Å². The van der Waals surface area contributed by atoms with Crippen molar-refractivity contribution in [3.8, 4) is 5.69 Å². The third-order valence-corrected chi connectivity index (χ3v) is 5.23. The number of carbonyl (C=O) groups excluding carboxylic acids is 1. The van der Waals surface area contributed by atoms with E-state index in [0.717, 1.165) is 6.42 Å². The molecule has 2 aromatic rings. The number of hydrogen-bond acceptors (Lipinski definition) is 5. The number of halogens is 1. The van der Waals surface area contributed by atoms with E-state index in [-0.39, 0.29) is 53.5 Å². The molecule has 0 aliphatic carbocycles. The molecule has 0 bridgehead atoms. The summed E-state index contributed by atoms with van der Waals surface area (Å²) >= 11 is 0. The Balaban J connectivity index is 0.00000612. The minimum absolute atomic E-state index is 0. The fourth-order valence-electron chi connectivity index (χ4n) is 3.52. The molecular formula is C25H35FN3NaO5. The molecule has 0 spiro atoms. The molecule has 0 aliphatic rings. The van der Waals surface area contributed by atoms with E-state index < -0.39 is 30.4 Å². The number of nitrogens with zero attached hydrogens (tertiary/aromatic N) is 2. The summed E-state index contributed by atoms with van der Waals surface area (Å²) in [6, 6.07) is 5.66. The molecule has 0 unspecified atom stereocenters. The number of aliphatic carboxylic acids is 1. The molecule has 35 heavy (non-hydrogen) atoms. The summed E-state index contributed by atoms with van der Waals surface area (Å²) in [5, 5.41) is 36.3. The Kier molecular flexibility index (Phi) is 12.8. The van der Waals surface area contributed by atoms with Gasteiger partial charge < -0.3 is 20.6 Å². The molecular weight excluding hydrogens is 464 g/mol. The van der Waals surface area contributed by atoms with Crippen LogP contribution >= 0.6 is 0 Å². The van der Waals surface area contributed by atoms with E-state index in [4.69, 9.17) is 5.11 Å². The third-order valence-electron chi connectivity index (χ3n) is 5.23. The minimum atomic E-state index is -1.20. The summed E-state index contributed by atoms with van der Waals surface area (Å²) in [5.74, 6) is -1.57. The second-order valence-corrected chi connectivity index (χ2v) is 9.04. The van der Waals surface area contributed by atoms with Crippen molar-refractivity contribution in [1.82, 2.24) is 15.1 Å². The van der Waals surface area contributed by atoms with Crippen LogP contribution in [0.25, 0.3) is 11.8 Å². The third kappa shape index (κ3) is 9.50. The summed E-state index contributed by atoms with van der Waals surface area (Å²) in [7, 11) is 0. The Morgan fingerprint density at radius 1 is 1.14 bits per heavy atom. The van der Waals surface area contributed by atoms with Gasteiger partial charge in [-0.05, 0) is 48.6 Å². The van der Waals surface area contributed by atoms with E-state index >= 15 is 0 Å². The molecule has 188 valence electrons. The quantitative estimate of drug-likeness (QED) is 0.333. The normalized spacial score (nSPS) is 13.2. The molecule has 4 N–H and O–H groups in total. The van der Waals surface area contributed by atoms with Crippen LogP contribution in [0.3, 0.4) is 0 Å². The van der Waals surface area contributed by atoms with Gasteiger partial charge in [0.1, 0.15) is 5.82 Å². The molecule has 1 heterocycles. The zero-order valence-electron chi connectivity index (χ0n) is 20.0. The Bertz CT molecular complexity index is 1010. The van der Waals surface area contributed by atoms with Crippen LogP contribution in [0.4, 0.5) is 4.39 Å². The number of carboxylic acids is 1. The van der Waals surface area contributed by atoms with Gasteiger partial charge in [-0.15, -0.1) is 0 Å². The maximum absolute atomic E-state index is 13.5. The van der Waals surface area contributed by atoms with Gasteiger partial charge in [-0.25, -0.2) is 9.07 Å². The summed E-state index contributed by atoms with van der Waals surface area (Å²) in [6.45, 7) is 8.47. The topological polar surface area (TPSA) is 125 Å². The fraction of sp³-hybridized carbons (Fsp3) is 0.480. The van der Waals surface area contributed by atoms with Crippen molar-refractivity contribution in [3.63, 3.8) is 0 Å². The number of carbonyl (C=O) groups is 2. The van der Waals surface area contributed by atoms with E-state index in [1.165, 1.54) is 35.0 Å². The van der Waals surface area contributed by atoms with E-state index in [1.807, 2.05) is 13.8 Å². The van der Waals surface area contributed by atoms with Crippen molar-refractivity contribution in [2.24, 2.45) is 5.92 Å². The van der Waals surface area contributed by atoms with Crippen molar-refractivity contribution in [2.75, 3.05) is 6.54 Å². The van der Waals surface area contributed by atoms with Gasteiger partial charge in [-0.3, -0.25) is 9.59 Å². The first-order valence-electron chi connectivity index (χ1n) is 11.4. The first kappa shape index (κ1) is 31.0. The molecule has 1 aromatic carbocycles. The summed E-state index contributed by atoms with van der Waals surface area (Å²) < 4.78 is 15.0. The van der Waals surface area contributed by atoms with Crippen LogP contribution in [-0.4, -0.2) is 85.3 Å². The monoisotopic (exact) mass is 499 g/mol. The summed E-state index contributed by atoms with van der Waals surface area (Å²) in [5.41, 5.74) is 1.95. The molecule has 0 aliphatic heterocycles. The number of carboxylic acid groups (broad SMARTS) is 1. The Morgan fingerprint density at radius 2 is 1.77 bits per heavy atom. The molecule has 1 amide bonds.